The Hall–Kier alpha value is -1.37. The topological polar surface area (TPSA) is 70.0 Å². The van der Waals surface area contributed by atoms with Crippen LogP contribution in [0.3, 0.4) is 0 Å². The van der Waals surface area contributed by atoms with Crippen LogP contribution < -0.4 is 5.46 Å². The van der Waals surface area contributed by atoms with Gasteiger partial charge in [-0.3, -0.25) is 9.69 Å². The predicted octanol–water partition coefficient (Wildman–Crippen LogP) is -0.496. The van der Waals surface area contributed by atoms with Gasteiger partial charge in [-0.15, -0.1) is 0 Å². The van der Waals surface area contributed by atoms with Crippen molar-refractivity contribution < 1.29 is 19.6 Å². The minimum absolute atomic E-state index is 0.223. The van der Waals surface area contributed by atoms with Crippen LogP contribution in [0.5, 0.6) is 0 Å². The Bertz CT molecular complexity index is 452. The van der Waals surface area contributed by atoms with Gasteiger partial charge in [0.15, 0.2) is 0 Å². The molecule has 1 saturated heterocycles. The van der Waals surface area contributed by atoms with Crippen molar-refractivity contribution in [1.82, 2.24) is 4.90 Å². The van der Waals surface area contributed by atoms with Gasteiger partial charge in [0.25, 0.3) is 0 Å². The van der Waals surface area contributed by atoms with Crippen LogP contribution in [0.1, 0.15) is 18.4 Å². The number of likely N-dealkylation sites (tertiary alicyclic amines) is 1. The Kier molecular flexibility index (Phi) is 4.58. The molecule has 2 rings (SSSR count). The summed E-state index contributed by atoms with van der Waals surface area (Å²) in [7, 11) is -0.0973. The van der Waals surface area contributed by atoms with Gasteiger partial charge in [0.05, 0.1) is 7.11 Å². The quantitative estimate of drug-likeness (QED) is 0.566. The van der Waals surface area contributed by atoms with Crippen LogP contribution in [-0.4, -0.2) is 47.7 Å². The summed E-state index contributed by atoms with van der Waals surface area (Å²) >= 11 is 0. The second-order valence-electron chi connectivity index (χ2n) is 4.72. The van der Waals surface area contributed by atoms with E-state index in [4.69, 9.17) is 4.74 Å². The first kappa shape index (κ1) is 14.1. The molecule has 1 heterocycles. The van der Waals surface area contributed by atoms with Crippen LogP contribution in [0.15, 0.2) is 24.3 Å². The van der Waals surface area contributed by atoms with Crippen molar-refractivity contribution in [2.24, 2.45) is 0 Å². The minimum Gasteiger partial charge on any atom is -0.468 e. The van der Waals surface area contributed by atoms with E-state index in [-0.39, 0.29) is 12.0 Å². The number of rotatable bonds is 4. The number of carbonyl (C=O) groups excluding carboxylic acids is 1. The highest BCUT2D eigenvalue weighted by Crippen LogP contribution is 2.20. The number of nitrogens with zero attached hydrogens (tertiary/aromatic N) is 1. The maximum atomic E-state index is 11.7. The number of ether oxygens (including phenoxy) is 1. The number of carbonyl (C=O) groups is 1. The second-order valence-corrected chi connectivity index (χ2v) is 4.72. The Morgan fingerprint density at radius 2 is 2.21 bits per heavy atom. The first-order valence-corrected chi connectivity index (χ1v) is 6.39. The third-order valence-electron chi connectivity index (χ3n) is 3.54. The molecule has 0 amide bonds. The third kappa shape index (κ3) is 3.15. The van der Waals surface area contributed by atoms with E-state index in [1.165, 1.54) is 7.11 Å². The summed E-state index contributed by atoms with van der Waals surface area (Å²) in [4.78, 5) is 13.7. The largest absolute Gasteiger partial charge is 0.488 e. The third-order valence-corrected chi connectivity index (χ3v) is 3.54. The molecule has 19 heavy (non-hydrogen) atoms. The monoisotopic (exact) mass is 263 g/mol. The molecule has 0 saturated carbocycles. The maximum absolute atomic E-state index is 11.7. The van der Waals surface area contributed by atoms with Gasteiger partial charge >= 0.3 is 13.1 Å². The maximum Gasteiger partial charge on any atom is 0.488 e. The van der Waals surface area contributed by atoms with E-state index in [0.29, 0.717) is 12.0 Å². The summed E-state index contributed by atoms with van der Waals surface area (Å²) < 4.78 is 4.80. The molecular weight excluding hydrogens is 245 g/mol. The fourth-order valence-corrected chi connectivity index (χ4v) is 2.57. The number of hydrogen-bond donors (Lipinski definition) is 2. The zero-order valence-electron chi connectivity index (χ0n) is 11.0. The van der Waals surface area contributed by atoms with E-state index in [0.717, 1.165) is 24.9 Å². The van der Waals surface area contributed by atoms with Crippen LogP contribution >= 0.6 is 0 Å². The van der Waals surface area contributed by atoms with E-state index in [9.17, 15) is 14.8 Å². The molecule has 5 nitrogen and oxygen atoms in total. The van der Waals surface area contributed by atoms with E-state index in [1.54, 1.807) is 12.1 Å². The molecule has 1 aliphatic rings. The molecule has 0 bridgehead atoms. The summed E-state index contributed by atoms with van der Waals surface area (Å²) in [5, 5.41) is 18.7. The molecule has 1 aliphatic heterocycles. The molecule has 1 fully saturated rings. The van der Waals surface area contributed by atoms with Crippen molar-refractivity contribution in [3.63, 3.8) is 0 Å². The first-order valence-electron chi connectivity index (χ1n) is 6.39. The molecule has 2 N–H and O–H groups in total. The summed E-state index contributed by atoms with van der Waals surface area (Å²) in [6, 6.07) is 6.92. The van der Waals surface area contributed by atoms with Crippen molar-refractivity contribution in [3.8, 4) is 0 Å². The van der Waals surface area contributed by atoms with Gasteiger partial charge in [0, 0.05) is 6.54 Å². The van der Waals surface area contributed by atoms with E-state index in [1.807, 2.05) is 17.0 Å². The van der Waals surface area contributed by atoms with Gasteiger partial charge in [0.2, 0.25) is 0 Å². The Morgan fingerprint density at radius 1 is 1.47 bits per heavy atom. The normalized spacial score (nSPS) is 19.4. The molecule has 0 aromatic heterocycles. The molecule has 0 unspecified atom stereocenters. The molecule has 0 aliphatic carbocycles. The van der Waals surface area contributed by atoms with Crippen LogP contribution in [0.25, 0.3) is 0 Å². The van der Waals surface area contributed by atoms with E-state index in [2.05, 4.69) is 0 Å². The fourth-order valence-electron chi connectivity index (χ4n) is 2.57. The highest BCUT2D eigenvalue weighted by atomic mass is 16.5. The fraction of sp³-hybridized carbons (Fsp3) is 0.462. The molecule has 1 atom stereocenters. The van der Waals surface area contributed by atoms with Crippen molar-refractivity contribution in [2.45, 2.75) is 25.4 Å². The van der Waals surface area contributed by atoms with Crippen LogP contribution in [0.2, 0.25) is 0 Å². The molecule has 1 aromatic rings. The minimum atomic E-state index is -1.49. The number of benzene rings is 1. The zero-order chi connectivity index (χ0) is 13.8. The van der Waals surface area contributed by atoms with Crippen molar-refractivity contribution in [2.75, 3.05) is 13.7 Å². The SMILES string of the molecule is COC(=O)[C@@H]1CCCN1Cc1ccccc1B(O)O. The molecule has 6 heteroatoms. The lowest BCUT2D eigenvalue weighted by Gasteiger charge is -2.23. The van der Waals surface area contributed by atoms with Gasteiger partial charge < -0.3 is 14.8 Å². The van der Waals surface area contributed by atoms with Gasteiger partial charge in [-0.1, -0.05) is 24.3 Å². The lowest BCUT2D eigenvalue weighted by molar-refractivity contribution is -0.146. The Balaban J connectivity index is 2.14. The first-order chi connectivity index (χ1) is 9.13. The standard InChI is InChI=1S/C13H18BNO4/c1-19-13(16)12-7-4-8-15(12)9-10-5-2-3-6-11(10)14(17)18/h2-3,5-6,12,17-18H,4,7-9H2,1H3/t12-/m0/s1. The molecule has 0 spiro atoms. The summed E-state index contributed by atoms with van der Waals surface area (Å²) in [6.45, 7) is 1.34. The molecule has 1 aromatic carbocycles. The van der Waals surface area contributed by atoms with Crippen LogP contribution in [0, 0.1) is 0 Å². The molecule has 102 valence electrons. The number of esters is 1. The average molecular weight is 263 g/mol. The van der Waals surface area contributed by atoms with Gasteiger partial charge in [-0.2, -0.15) is 0 Å². The highest BCUT2D eigenvalue weighted by molar-refractivity contribution is 6.59. The Morgan fingerprint density at radius 3 is 2.89 bits per heavy atom. The summed E-state index contributed by atoms with van der Waals surface area (Å²) in [5.74, 6) is -0.223. The lowest BCUT2D eigenvalue weighted by atomic mass is 9.77. The van der Waals surface area contributed by atoms with Crippen molar-refractivity contribution in [3.05, 3.63) is 29.8 Å². The summed E-state index contributed by atoms with van der Waals surface area (Å²) in [5.41, 5.74) is 1.31. The van der Waals surface area contributed by atoms with E-state index >= 15 is 0 Å². The zero-order valence-corrected chi connectivity index (χ0v) is 11.0. The van der Waals surface area contributed by atoms with Crippen molar-refractivity contribution >= 4 is 18.6 Å². The lowest BCUT2D eigenvalue weighted by Crippen LogP contribution is -2.40. The van der Waals surface area contributed by atoms with Crippen molar-refractivity contribution in [1.29, 1.82) is 0 Å². The van der Waals surface area contributed by atoms with Gasteiger partial charge in [-0.05, 0) is 30.4 Å². The predicted molar refractivity (Wildman–Crippen MR) is 71.7 cm³/mol. The number of hydrogen-bond acceptors (Lipinski definition) is 5. The average Bonchev–Trinajstić information content (AvgIpc) is 2.86. The van der Waals surface area contributed by atoms with Gasteiger partial charge in [-0.25, -0.2) is 0 Å². The number of methoxy groups -OCH3 is 1. The van der Waals surface area contributed by atoms with Gasteiger partial charge in [0.1, 0.15) is 6.04 Å². The molecule has 0 radical (unpaired) electrons. The van der Waals surface area contributed by atoms with Crippen LogP contribution in [0.4, 0.5) is 0 Å². The second kappa shape index (κ2) is 6.19. The molecular formula is C13H18BNO4. The smallest absolute Gasteiger partial charge is 0.468 e. The Labute approximate surface area is 112 Å². The highest BCUT2D eigenvalue weighted by Gasteiger charge is 2.32. The van der Waals surface area contributed by atoms with E-state index < -0.39 is 7.12 Å². The summed E-state index contributed by atoms with van der Waals surface area (Å²) in [6.07, 6.45) is 1.74. The van der Waals surface area contributed by atoms with Crippen LogP contribution in [-0.2, 0) is 16.1 Å².